The smallest absolute Gasteiger partial charge is 0.255 e. The number of rotatable bonds is 6. The van der Waals surface area contributed by atoms with Gasteiger partial charge in [-0.3, -0.25) is 4.79 Å². The highest BCUT2D eigenvalue weighted by atomic mass is 16.5. The summed E-state index contributed by atoms with van der Waals surface area (Å²) in [6.45, 7) is 2.59. The summed E-state index contributed by atoms with van der Waals surface area (Å²) < 4.78 is 5.28. The van der Waals surface area contributed by atoms with E-state index in [1.165, 1.54) is 6.42 Å². The molecule has 0 saturated carbocycles. The second-order valence-electron chi connectivity index (χ2n) is 6.72. The van der Waals surface area contributed by atoms with Gasteiger partial charge in [0.15, 0.2) is 0 Å². The third-order valence-corrected chi connectivity index (χ3v) is 4.81. The van der Waals surface area contributed by atoms with Crippen LogP contribution in [0.1, 0.15) is 23.2 Å². The van der Waals surface area contributed by atoms with Crippen molar-refractivity contribution in [3.63, 3.8) is 0 Å². The van der Waals surface area contributed by atoms with Gasteiger partial charge in [0.2, 0.25) is 0 Å². The van der Waals surface area contributed by atoms with Crippen LogP contribution in [0.5, 0.6) is 5.75 Å². The molecule has 1 aliphatic heterocycles. The van der Waals surface area contributed by atoms with Crippen LogP contribution in [0.3, 0.4) is 0 Å². The lowest BCUT2D eigenvalue weighted by Crippen LogP contribution is -2.42. The maximum Gasteiger partial charge on any atom is 0.255 e. The molecule has 1 aliphatic rings. The van der Waals surface area contributed by atoms with E-state index in [0.29, 0.717) is 11.5 Å². The fourth-order valence-corrected chi connectivity index (χ4v) is 3.51. The number of carbonyl (C=O) groups is 1. The number of para-hydroxylation sites is 1. The molecule has 0 radical (unpaired) electrons. The molecule has 2 N–H and O–H groups in total. The van der Waals surface area contributed by atoms with Crippen LogP contribution in [0.15, 0.2) is 48.5 Å². The first-order valence-electron chi connectivity index (χ1n) is 9.15. The molecule has 1 saturated heterocycles. The molecule has 138 valence electrons. The normalized spacial score (nSPS) is 17.0. The van der Waals surface area contributed by atoms with E-state index in [-0.39, 0.29) is 5.91 Å². The molecule has 1 heterocycles. The highest BCUT2D eigenvalue weighted by molar-refractivity contribution is 6.00. The molecule has 2 aromatic rings. The van der Waals surface area contributed by atoms with Gasteiger partial charge in [0, 0.05) is 24.8 Å². The van der Waals surface area contributed by atoms with Crippen LogP contribution in [0.4, 0.5) is 11.4 Å². The Balaban J connectivity index is 1.78. The first kappa shape index (κ1) is 18.3. The fourth-order valence-electron chi connectivity index (χ4n) is 3.51. The first-order valence-corrected chi connectivity index (χ1v) is 9.15. The Labute approximate surface area is 155 Å². The molecule has 26 heavy (non-hydrogen) atoms. The second kappa shape index (κ2) is 8.72. The van der Waals surface area contributed by atoms with Crippen LogP contribution in [0.25, 0.3) is 0 Å². The zero-order valence-electron chi connectivity index (χ0n) is 15.5. The highest BCUT2D eigenvalue weighted by Gasteiger charge is 2.25. The summed E-state index contributed by atoms with van der Waals surface area (Å²) in [7, 11) is 3.61. The summed E-state index contributed by atoms with van der Waals surface area (Å²) in [5.41, 5.74) is 2.43. The monoisotopic (exact) mass is 353 g/mol. The number of likely N-dealkylation sites (tertiary alicyclic amines) is 1. The molecule has 0 aromatic heterocycles. The van der Waals surface area contributed by atoms with Gasteiger partial charge < -0.3 is 20.3 Å². The molecule has 5 nitrogen and oxygen atoms in total. The van der Waals surface area contributed by atoms with Crippen molar-refractivity contribution in [3.8, 4) is 5.75 Å². The molecule has 3 rings (SSSR count). The zero-order valence-corrected chi connectivity index (χ0v) is 15.5. The lowest BCUT2D eigenvalue weighted by atomic mass is 9.97. The first-order chi connectivity index (χ1) is 12.7. The third-order valence-electron chi connectivity index (χ3n) is 4.81. The molecular weight excluding hydrogens is 326 g/mol. The Bertz CT molecular complexity index is 746. The lowest BCUT2D eigenvalue weighted by molar-refractivity contribution is 0.0675. The van der Waals surface area contributed by atoms with E-state index >= 15 is 0 Å². The molecule has 0 spiro atoms. The van der Waals surface area contributed by atoms with E-state index in [1.807, 2.05) is 60.5 Å². The number of nitrogens with one attached hydrogen (secondary N) is 2. The molecular formula is C21H27N3O2. The van der Waals surface area contributed by atoms with Crippen molar-refractivity contribution in [1.29, 1.82) is 0 Å². The standard InChI is InChI=1S/C21H27N3O2/c1-22-14-16-7-6-12-24(15-16)21(25)19-10-3-4-11-20(19)23-17-8-5-9-18(13-17)26-2/h3-5,8-11,13,16,22-23H,6-7,12,14-15H2,1-2H3/t16-/m1/s1. The van der Waals surface area contributed by atoms with Crippen molar-refractivity contribution in [3.05, 3.63) is 54.1 Å². The number of carbonyl (C=O) groups excluding carboxylic acids is 1. The van der Waals surface area contributed by atoms with Crippen LogP contribution in [-0.2, 0) is 0 Å². The summed E-state index contributed by atoms with van der Waals surface area (Å²) in [6.07, 6.45) is 2.23. The van der Waals surface area contributed by atoms with Crippen molar-refractivity contribution in [2.45, 2.75) is 12.8 Å². The number of anilines is 2. The number of hydrogen-bond acceptors (Lipinski definition) is 4. The van der Waals surface area contributed by atoms with Crippen LogP contribution in [0.2, 0.25) is 0 Å². The Kier molecular flexibility index (Phi) is 6.12. The average Bonchev–Trinajstić information content (AvgIpc) is 2.68. The summed E-state index contributed by atoms with van der Waals surface area (Å²) in [6, 6.07) is 15.4. The predicted molar refractivity (Wildman–Crippen MR) is 105 cm³/mol. The van der Waals surface area contributed by atoms with Gasteiger partial charge in [0.1, 0.15) is 5.75 Å². The van der Waals surface area contributed by atoms with Gasteiger partial charge in [0.25, 0.3) is 5.91 Å². The number of ether oxygens (including phenoxy) is 1. The average molecular weight is 353 g/mol. The van der Waals surface area contributed by atoms with E-state index in [2.05, 4.69) is 10.6 Å². The van der Waals surface area contributed by atoms with Crippen LogP contribution in [-0.4, -0.2) is 44.6 Å². The van der Waals surface area contributed by atoms with Crippen molar-refractivity contribution >= 4 is 17.3 Å². The third kappa shape index (κ3) is 4.35. The van der Waals surface area contributed by atoms with E-state index in [0.717, 1.165) is 43.2 Å². The molecule has 0 bridgehead atoms. The van der Waals surface area contributed by atoms with Crippen LogP contribution in [0, 0.1) is 5.92 Å². The molecule has 2 aromatic carbocycles. The number of amides is 1. The fraction of sp³-hybridized carbons (Fsp3) is 0.381. The number of hydrogen-bond donors (Lipinski definition) is 2. The maximum atomic E-state index is 13.1. The molecule has 1 amide bonds. The van der Waals surface area contributed by atoms with Crippen molar-refractivity contribution in [2.24, 2.45) is 5.92 Å². The van der Waals surface area contributed by atoms with Gasteiger partial charge >= 0.3 is 0 Å². The summed E-state index contributed by atoms with van der Waals surface area (Å²) in [4.78, 5) is 15.1. The second-order valence-corrected chi connectivity index (χ2v) is 6.72. The van der Waals surface area contributed by atoms with E-state index in [1.54, 1.807) is 7.11 Å². The quantitative estimate of drug-likeness (QED) is 0.834. The van der Waals surface area contributed by atoms with Crippen molar-refractivity contribution < 1.29 is 9.53 Å². The molecule has 0 unspecified atom stereocenters. The minimum absolute atomic E-state index is 0.0943. The molecule has 1 atom stereocenters. The van der Waals surface area contributed by atoms with Gasteiger partial charge in [-0.2, -0.15) is 0 Å². The van der Waals surface area contributed by atoms with Gasteiger partial charge in [-0.25, -0.2) is 0 Å². The Morgan fingerprint density at radius 1 is 1.23 bits per heavy atom. The van der Waals surface area contributed by atoms with Crippen molar-refractivity contribution in [2.75, 3.05) is 39.1 Å². The summed E-state index contributed by atoms with van der Waals surface area (Å²) in [5.74, 6) is 1.40. The summed E-state index contributed by atoms with van der Waals surface area (Å²) in [5, 5.41) is 6.59. The Morgan fingerprint density at radius 3 is 2.88 bits per heavy atom. The molecule has 1 fully saturated rings. The van der Waals surface area contributed by atoms with Gasteiger partial charge in [-0.05, 0) is 56.6 Å². The zero-order chi connectivity index (χ0) is 18.4. The number of benzene rings is 2. The van der Waals surface area contributed by atoms with E-state index in [9.17, 15) is 4.79 Å². The van der Waals surface area contributed by atoms with Crippen LogP contribution < -0.4 is 15.4 Å². The van der Waals surface area contributed by atoms with Gasteiger partial charge in [-0.15, -0.1) is 0 Å². The minimum Gasteiger partial charge on any atom is -0.497 e. The topological polar surface area (TPSA) is 53.6 Å². The van der Waals surface area contributed by atoms with Gasteiger partial charge in [0.05, 0.1) is 18.4 Å². The van der Waals surface area contributed by atoms with Crippen molar-refractivity contribution in [1.82, 2.24) is 10.2 Å². The highest BCUT2D eigenvalue weighted by Crippen LogP contribution is 2.26. The molecule has 5 heteroatoms. The summed E-state index contributed by atoms with van der Waals surface area (Å²) >= 11 is 0. The molecule has 0 aliphatic carbocycles. The van der Waals surface area contributed by atoms with E-state index < -0.39 is 0 Å². The Hall–Kier alpha value is -2.53. The maximum absolute atomic E-state index is 13.1. The predicted octanol–water partition coefficient (Wildman–Crippen LogP) is 3.51. The lowest BCUT2D eigenvalue weighted by Gasteiger charge is -2.33. The SMILES string of the molecule is CNC[C@H]1CCCN(C(=O)c2ccccc2Nc2cccc(OC)c2)C1. The minimum atomic E-state index is 0.0943. The number of piperidine rings is 1. The number of methoxy groups -OCH3 is 1. The number of nitrogens with zero attached hydrogens (tertiary/aromatic N) is 1. The van der Waals surface area contributed by atoms with Crippen LogP contribution >= 0.6 is 0 Å². The van der Waals surface area contributed by atoms with E-state index in [4.69, 9.17) is 4.74 Å². The van der Waals surface area contributed by atoms with Gasteiger partial charge in [-0.1, -0.05) is 18.2 Å². The largest absolute Gasteiger partial charge is 0.497 e. The Morgan fingerprint density at radius 2 is 2.08 bits per heavy atom.